The van der Waals surface area contributed by atoms with Crippen LogP contribution in [0.4, 0.5) is 0 Å². The van der Waals surface area contributed by atoms with Crippen LogP contribution in [-0.2, 0) is 14.3 Å². The van der Waals surface area contributed by atoms with Crippen LogP contribution in [0, 0.1) is 5.92 Å². The molecule has 0 N–H and O–H groups in total. The molecule has 1 atom stereocenters. The van der Waals surface area contributed by atoms with Crippen LogP contribution in [0.2, 0.25) is 0 Å². The fraction of sp³-hybridized carbons (Fsp3) is 0.556. The summed E-state index contributed by atoms with van der Waals surface area (Å²) in [5, 5.41) is 0. The molecule has 1 rings (SSSR count). The van der Waals surface area contributed by atoms with Crippen LogP contribution in [0.5, 0.6) is 0 Å². The van der Waals surface area contributed by atoms with Crippen LogP contribution in [0.25, 0.3) is 0 Å². The van der Waals surface area contributed by atoms with Gasteiger partial charge < -0.3 is 0 Å². The zero-order valence-corrected chi connectivity index (χ0v) is 15.3. The minimum absolute atomic E-state index is 0.00355. The maximum absolute atomic E-state index is 12.6. The van der Waals surface area contributed by atoms with Gasteiger partial charge in [-0.05, 0) is 0 Å². The molecule has 1 unspecified atom stereocenters. The Bertz CT molecular complexity index is 445. The Labute approximate surface area is 140 Å². The van der Waals surface area contributed by atoms with E-state index < -0.39 is 0 Å². The van der Waals surface area contributed by atoms with E-state index in [4.69, 9.17) is 4.74 Å². The topological polar surface area (TPSA) is 43.4 Å². The van der Waals surface area contributed by atoms with Crippen molar-refractivity contribution in [2.45, 2.75) is 51.9 Å². The normalized spacial score (nSPS) is 11.9. The number of rotatable bonds is 11. The number of benzene rings is 1. The first-order valence-corrected chi connectivity index (χ1v) is 9.72. The molecule has 0 aliphatic carbocycles. The molecule has 1 aromatic rings. The molecule has 0 fully saturated rings. The first kappa shape index (κ1) is 18.9. The van der Waals surface area contributed by atoms with E-state index in [0.717, 1.165) is 23.7 Å². The second-order valence-corrected chi connectivity index (χ2v) is 7.66. The van der Waals surface area contributed by atoms with Gasteiger partial charge in [-0.15, -0.1) is 0 Å². The predicted octanol–water partition coefficient (Wildman–Crippen LogP) is 3.08. The number of unbranched alkanes of at least 4 members (excludes halogenated alkanes) is 3. The van der Waals surface area contributed by atoms with Crippen LogP contribution in [0.1, 0.15) is 51.9 Å². The fourth-order valence-corrected chi connectivity index (χ4v) is 4.23. The van der Waals surface area contributed by atoms with E-state index >= 15 is 0 Å². The van der Waals surface area contributed by atoms with Gasteiger partial charge in [0.2, 0.25) is 0 Å². The van der Waals surface area contributed by atoms with Gasteiger partial charge in [0.15, 0.2) is 0 Å². The van der Waals surface area contributed by atoms with Gasteiger partial charge in [-0.1, -0.05) is 0 Å². The number of hydrogen-bond donors (Lipinski definition) is 0. The number of methoxy groups -OCH3 is 1. The molecule has 22 heavy (non-hydrogen) atoms. The quantitative estimate of drug-likeness (QED) is 0.342. The molecular formula is C18H26O3Se. The molecule has 0 radical (unpaired) electrons. The Morgan fingerprint density at radius 2 is 1.82 bits per heavy atom. The molecule has 0 heterocycles. The Morgan fingerprint density at radius 3 is 2.45 bits per heavy atom. The van der Waals surface area contributed by atoms with Crippen molar-refractivity contribution in [1.29, 1.82) is 0 Å². The summed E-state index contributed by atoms with van der Waals surface area (Å²) < 4.78 is 6.11. The van der Waals surface area contributed by atoms with Gasteiger partial charge in [-0.25, -0.2) is 0 Å². The first-order valence-electron chi connectivity index (χ1n) is 8.01. The van der Waals surface area contributed by atoms with Crippen LogP contribution in [0.3, 0.4) is 0 Å². The zero-order chi connectivity index (χ0) is 16.2. The molecule has 0 saturated heterocycles. The van der Waals surface area contributed by atoms with Crippen molar-refractivity contribution < 1.29 is 14.3 Å². The number of esters is 1. The molecule has 0 amide bonds. The van der Waals surface area contributed by atoms with Crippen LogP contribution in [0.15, 0.2) is 30.3 Å². The number of ether oxygens (including phenoxy) is 1. The van der Waals surface area contributed by atoms with Crippen molar-refractivity contribution in [2.75, 3.05) is 7.11 Å². The Kier molecular flexibility index (Phi) is 9.85. The first-order chi connectivity index (χ1) is 10.7. The van der Waals surface area contributed by atoms with Crippen LogP contribution < -0.4 is 4.46 Å². The second-order valence-electron chi connectivity index (χ2n) is 5.40. The third kappa shape index (κ3) is 7.76. The maximum atomic E-state index is 12.6. The van der Waals surface area contributed by atoms with Gasteiger partial charge in [0.05, 0.1) is 0 Å². The van der Waals surface area contributed by atoms with Crippen LogP contribution in [-0.4, -0.2) is 32.7 Å². The van der Waals surface area contributed by atoms with Gasteiger partial charge in [-0.3, -0.25) is 0 Å². The van der Waals surface area contributed by atoms with Gasteiger partial charge >= 0.3 is 140 Å². The third-order valence-electron chi connectivity index (χ3n) is 3.63. The van der Waals surface area contributed by atoms with Gasteiger partial charge in [-0.2, -0.15) is 0 Å². The molecule has 0 bridgehead atoms. The number of hydrogen-bond acceptors (Lipinski definition) is 3. The molecule has 1 aromatic carbocycles. The van der Waals surface area contributed by atoms with E-state index in [1.165, 1.54) is 20.0 Å². The monoisotopic (exact) mass is 370 g/mol. The van der Waals surface area contributed by atoms with Gasteiger partial charge in [0, 0.05) is 0 Å². The molecule has 122 valence electrons. The average Bonchev–Trinajstić information content (AvgIpc) is 2.54. The third-order valence-corrected chi connectivity index (χ3v) is 5.81. The fourth-order valence-electron chi connectivity index (χ4n) is 2.28. The second kappa shape index (κ2) is 11.4. The molecule has 0 spiro atoms. The average molecular weight is 369 g/mol. The Balaban J connectivity index is 2.54. The summed E-state index contributed by atoms with van der Waals surface area (Å²) in [5.74, 6) is -0.227. The summed E-state index contributed by atoms with van der Waals surface area (Å²) in [6.45, 7) is 2.18. The van der Waals surface area contributed by atoms with Crippen molar-refractivity contribution in [3.63, 3.8) is 0 Å². The molecule has 3 nitrogen and oxygen atoms in total. The van der Waals surface area contributed by atoms with Gasteiger partial charge in [0.25, 0.3) is 0 Å². The van der Waals surface area contributed by atoms with E-state index in [9.17, 15) is 9.59 Å². The number of carbonyl (C=O) groups excluding carboxylic acids is 2. The minimum atomic E-state index is -0.224. The summed E-state index contributed by atoms with van der Waals surface area (Å²) in [4.78, 5) is 23.9. The summed E-state index contributed by atoms with van der Waals surface area (Å²) in [7, 11) is 1.40. The predicted molar refractivity (Wildman–Crippen MR) is 90.3 cm³/mol. The zero-order valence-electron chi connectivity index (χ0n) is 13.5. The van der Waals surface area contributed by atoms with Crippen molar-refractivity contribution in [3.05, 3.63) is 30.3 Å². The standard InChI is InChI=1S/C18H26O3Se/c1-3-4-5-7-10-15(13-14-17(19)21-2)18(20)22-16-11-8-6-9-12-16/h6,8-9,11-12,15H,3-5,7,10,13-14H2,1-2H3. The molecule has 4 heteroatoms. The van der Waals surface area contributed by atoms with Gasteiger partial charge in [0.1, 0.15) is 0 Å². The van der Waals surface area contributed by atoms with Crippen molar-refractivity contribution in [1.82, 2.24) is 0 Å². The van der Waals surface area contributed by atoms with E-state index in [0.29, 0.717) is 17.5 Å². The summed E-state index contributed by atoms with van der Waals surface area (Å²) in [6, 6.07) is 9.91. The van der Waals surface area contributed by atoms with Crippen LogP contribution >= 0.6 is 0 Å². The van der Waals surface area contributed by atoms with E-state index in [1.807, 2.05) is 30.3 Å². The summed E-state index contributed by atoms with van der Waals surface area (Å²) >= 11 is -0.160. The molecule has 0 aliphatic rings. The Morgan fingerprint density at radius 1 is 1.09 bits per heavy atom. The number of carbonyl (C=O) groups is 2. The molecular weight excluding hydrogens is 343 g/mol. The molecule has 0 aliphatic heterocycles. The Hall–Kier alpha value is -1.12. The van der Waals surface area contributed by atoms with Crippen molar-refractivity contribution >= 4 is 30.1 Å². The summed E-state index contributed by atoms with van der Waals surface area (Å²) in [5.41, 5.74) is 0. The van der Waals surface area contributed by atoms with E-state index in [2.05, 4.69) is 6.92 Å². The van der Waals surface area contributed by atoms with Crippen molar-refractivity contribution in [3.8, 4) is 0 Å². The summed E-state index contributed by atoms with van der Waals surface area (Å²) in [6.07, 6.45) is 6.48. The molecule has 0 saturated carbocycles. The van der Waals surface area contributed by atoms with E-state index in [1.54, 1.807) is 0 Å². The molecule has 0 aromatic heterocycles. The van der Waals surface area contributed by atoms with E-state index in [-0.39, 0.29) is 26.8 Å². The SMILES string of the molecule is CCCCCCC(CCC(=O)OC)C(=O)[Se]c1ccccc1. The van der Waals surface area contributed by atoms with Crippen molar-refractivity contribution in [2.24, 2.45) is 5.92 Å².